The summed E-state index contributed by atoms with van der Waals surface area (Å²) in [6.07, 6.45) is 5.31. The number of fused-ring (bicyclic) bond motifs is 2. The minimum atomic E-state index is -2.62. The van der Waals surface area contributed by atoms with E-state index >= 15 is 0 Å². The second-order valence-corrected chi connectivity index (χ2v) is 10.4. The van der Waals surface area contributed by atoms with Crippen molar-refractivity contribution in [2.24, 2.45) is 17.8 Å². The molecule has 0 amide bonds. The summed E-state index contributed by atoms with van der Waals surface area (Å²) in [4.78, 5) is 11.6. The monoisotopic (exact) mass is 318 g/mol. The van der Waals surface area contributed by atoms with Crippen LogP contribution in [0.4, 0.5) is 0 Å². The van der Waals surface area contributed by atoms with E-state index in [9.17, 15) is 4.79 Å². The van der Waals surface area contributed by atoms with Crippen molar-refractivity contribution in [1.29, 1.82) is 0 Å². The van der Waals surface area contributed by atoms with Crippen LogP contribution in [0.3, 0.4) is 0 Å². The van der Waals surface area contributed by atoms with Crippen LogP contribution in [-0.2, 0) is 18.1 Å². The Bertz CT molecular complexity index is 340. The van der Waals surface area contributed by atoms with Crippen molar-refractivity contribution in [3.8, 4) is 0 Å². The summed E-state index contributed by atoms with van der Waals surface area (Å²) in [6.45, 7) is 1.65. The summed E-state index contributed by atoms with van der Waals surface area (Å²) in [6, 6.07) is 0.731. The molecular formula is C14H26O4SSi. The first-order valence-electron chi connectivity index (χ1n) is 7.36. The summed E-state index contributed by atoms with van der Waals surface area (Å²) >= 11 is 1.47. The van der Waals surface area contributed by atoms with Crippen molar-refractivity contribution in [2.75, 3.05) is 21.3 Å². The van der Waals surface area contributed by atoms with Crippen LogP contribution in [0.1, 0.15) is 32.6 Å². The van der Waals surface area contributed by atoms with Gasteiger partial charge in [0.1, 0.15) is 0 Å². The van der Waals surface area contributed by atoms with Gasteiger partial charge in [-0.25, -0.2) is 0 Å². The molecule has 4 nitrogen and oxygen atoms in total. The number of hydrogen-bond acceptors (Lipinski definition) is 5. The molecule has 2 aliphatic rings. The van der Waals surface area contributed by atoms with Gasteiger partial charge in [0.15, 0.2) is 5.12 Å². The van der Waals surface area contributed by atoms with Crippen molar-refractivity contribution in [3.05, 3.63) is 0 Å². The predicted octanol–water partition coefficient (Wildman–Crippen LogP) is 2.95. The summed E-state index contributed by atoms with van der Waals surface area (Å²) in [5, 5.41) is 0.457. The number of carbonyl (C=O) groups is 1. The maximum absolute atomic E-state index is 11.6. The van der Waals surface area contributed by atoms with Gasteiger partial charge in [-0.05, 0) is 37.0 Å². The molecule has 0 saturated heterocycles. The van der Waals surface area contributed by atoms with Crippen LogP contribution >= 0.6 is 11.8 Å². The molecule has 4 unspecified atom stereocenters. The zero-order valence-corrected chi connectivity index (χ0v) is 14.7. The molecule has 2 rings (SSSR count). The molecule has 4 atom stereocenters. The van der Waals surface area contributed by atoms with E-state index in [0.717, 1.165) is 17.9 Å². The van der Waals surface area contributed by atoms with Gasteiger partial charge in [-0.3, -0.25) is 4.79 Å². The Morgan fingerprint density at radius 1 is 1.20 bits per heavy atom. The van der Waals surface area contributed by atoms with E-state index in [2.05, 4.69) is 0 Å². The fraction of sp³-hybridized carbons (Fsp3) is 0.929. The third-order valence-corrected chi connectivity index (χ3v) is 9.22. The zero-order chi connectivity index (χ0) is 14.8. The van der Waals surface area contributed by atoms with E-state index in [4.69, 9.17) is 13.3 Å². The van der Waals surface area contributed by atoms with Crippen molar-refractivity contribution >= 4 is 25.7 Å². The number of carbonyl (C=O) groups excluding carboxylic acids is 1. The van der Waals surface area contributed by atoms with Gasteiger partial charge in [0.25, 0.3) is 0 Å². The van der Waals surface area contributed by atoms with Crippen LogP contribution in [0, 0.1) is 17.8 Å². The highest BCUT2D eigenvalue weighted by molar-refractivity contribution is 8.14. The summed E-state index contributed by atoms with van der Waals surface area (Å²) < 4.78 is 16.7. The van der Waals surface area contributed by atoms with Crippen molar-refractivity contribution in [2.45, 2.75) is 43.9 Å². The largest absolute Gasteiger partial charge is 0.501 e. The van der Waals surface area contributed by atoms with Gasteiger partial charge in [0.2, 0.25) is 0 Å². The van der Waals surface area contributed by atoms with Crippen LogP contribution in [0.25, 0.3) is 0 Å². The minimum Gasteiger partial charge on any atom is -0.377 e. The van der Waals surface area contributed by atoms with Gasteiger partial charge >= 0.3 is 8.80 Å². The smallest absolute Gasteiger partial charge is 0.377 e. The Morgan fingerprint density at radius 3 is 2.25 bits per heavy atom. The van der Waals surface area contributed by atoms with E-state index in [1.54, 1.807) is 28.3 Å². The van der Waals surface area contributed by atoms with Gasteiger partial charge in [0.05, 0.1) is 0 Å². The fourth-order valence-electron chi connectivity index (χ4n) is 3.99. The highest BCUT2D eigenvalue weighted by atomic mass is 32.2. The predicted molar refractivity (Wildman–Crippen MR) is 82.6 cm³/mol. The molecule has 2 saturated carbocycles. The van der Waals surface area contributed by atoms with Gasteiger partial charge in [0, 0.05) is 39.5 Å². The Balaban J connectivity index is 2.09. The van der Waals surface area contributed by atoms with Gasteiger partial charge in [-0.2, -0.15) is 0 Å². The van der Waals surface area contributed by atoms with E-state index in [-0.39, 0.29) is 10.4 Å². The van der Waals surface area contributed by atoms with Crippen molar-refractivity contribution in [3.63, 3.8) is 0 Å². The highest BCUT2D eigenvalue weighted by Gasteiger charge is 2.49. The molecule has 0 heterocycles. The third kappa shape index (κ3) is 3.47. The lowest BCUT2D eigenvalue weighted by atomic mass is 9.86. The molecule has 0 radical (unpaired) electrons. The minimum absolute atomic E-state index is 0.184. The molecule has 0 aromatic carbocycles. The summed E-state index contributed by atoms with van der Waals surface area (Å²) in [7, 11) is 2.33. The Kier molecular flexibility index (Phi) is 5.70. The van der Waals surface area contributed by atoms with E-state index < -0.39 is 8.80 Å². The lowest BCUT2D eigenvalue weighted by molar-refractivity contribution is -0.109. The van der Waals surface area contributed by atoms with Crippen LogP contribution in [0.15, 0.2) is 0 Å². The van der Waals surface area contributed by atoms with Gasteiger partial charge < -0.3 is 13.3 Å². The molecule has 2 aliphatic carbocycles. The maximum Gasteiger partial charge on any atom is 0.501 e. The summed E-state index contributed by atoms with van der Waals surface area (Å²) in [5.74, 6) is 2.29. The lowest BCUT2D eigenvalue weighted by Gasteiger charge is -2.34. The average molecular weight is 319 g/mol. The maximum atomic E-state index is 11.6. The zero-order valence-electron chi connectivity index (χ0n) is 12.9. The molecule has 2 fully saturated rings. The molecule has 0 aromatic heterocycles. The number of thioether (sulfide) groups is 1. The number of rotatable bonds is 7. The summed E-state index contributed by atoms with van der Waals surface area (Å²) in [5.41, 5.74) is 0. The second-order valence-electron chi connectivity index (χ2n) is 5.99. The molecule has 6 heteroatoms. The fourth-order valence-corrected chi connectivity index (χ4v) is 7.67. The Hall–Kier alpha value is 0.117. The standard InChI is InChI=1S/C14H26O4SSi/c1-10(15)19-14(9-20(16-2,17-3)18-4)13-8-11-5-6-12(13)7-11/h11-14H,5-9H2,1-4H3. The molecule has 0 N–H and O–H groups in total. The van der Waals surface area contributed by atoms with Crippen molar-refractivity contribution in [1.82, 2.24) is 0 Å². The quantitative estimate of drug-likeness (QED) is 0.675. The number of hydrogen-bond donors (Lipinski definition) is 0. The molecule has 0 aromatic rings. The van der Waals surface area contributed by atoms with Gasteiger partial charge in [-0.1, -0.05) is 18.2 Å². The molecule has 2 bridgehead atoms. The van der Waals surface area contributed by atoms with Crippen LogP contribution in [0.2, 0.25) is 6.04 Å². The van der Waals surface area contributed by atoms with Crippen LogP contribution in [0.5, 0.6) is 0 Å². The second kappa shape index (κ2) is 6.92. The highest BCUT2D eigenvalue weighted by Crippen LogP contribution is 2.53. The topological polar surface area (TPSA) is 44.8 Å². The van der Waals surface area contributed by atoms with E-state index in [1.807, 2.05) is 0 Å². The Labute approximate surface area is 127 Å². The molecule has 116 valence electrons. The first-order valence-corrected chi connectivity index (χ1v) is 10.2. The van der Waals surface area contributed by atoms with E-state index in [1.165, 1.54) is 37.4 Å². The normalized spacial score (nSPS) is 30.7. The Morgan fingerprint density at radius 2 is 1.85 bits per heavy atom. The average Bonchev–Trinajstić information content (AvgIpc) is 3.06. The SMILES string of the molecule is CO[Si](CC(SC(C)=O)C1CC2CCC1C2)(OC)OC. The lowest BCUT2D eigenvalue weighted by Crippen LogP contribution is -2.46. The van der Waals surface area contributed by atoms with Crippen LogP contribution in [-0.4, -0.2) is 40.5 Å². The molecule has 0 aliphatic heterocycles. The molecular weight excluding hydrogens is 292 g/mol. The first kappa shape index (κ1) is 16.5. The third-order valence-electron chi connectivity index (χ3n) is 4.97. The van der Waals surface area contributed by atoms with Gasteiger partial charge in [-0.15, -0.1) is 0 Å². The molecule has 20 heavy (non-hydrogen) atoms. The van der Waals surface area contributed by atoms with Crippen LogP contribution < -0.4 is 0 Å². The first-order chi connectivity index (χ1) is 9.53. The molecule has 0 spiro atoms. The van der Waals surface area contributed by atoms with E-state index in [0.29, 0.717) is 5.92 Å². The van der Waals surface area contributed by atoms with Crippen molar-refractivity contribution < 1.29 is 18.1 Å².